The van der Waals surface area contributed by atoms with Gasteiger partial charge in [-0.3, -0.25) is 4.68 Å². The van der Waals surface area contributed by atoms with E-state index in [1.807, 2.05) is 17.7 Å². The summed E-state index contributed by atoms with van der Waals surface area (Å²) in [4.78, 5) is 0. The summed E-state index contributed by atoms with van der Waals surface area (Å²) >= 11 is 9.28. The number of aryl methyl sites for hydroxylation is 1. The van der Waals surface area contributed by atoms with Crippen molar-refractivity contribution in [3.63, 3.8) is 0 Å². The van der Waals surface area contributed by atoms with Crippen LogP contribution in [0.15, 0.2) is 28.9 Å². The third-order valence-corrected chi connectivity index (χ3v) is 3.48. The van der Waals surface area contributed by atoms with Gasteiger partial charge in [-0.25, -0.2) is 4.39 Å². The maximum Gasteiger partial charge on any atom is 0.125 e. The molecule has 0 aliphatic heterocycles. The van der Waals surface area contributed by atoms with Crippen LogP contribution in [0.2, 0.25) is 5.02 Å². The SMILES string of the molecule is CCn1nccc1CNc1c(Cl)cc(F)cc1Br. The Kier molecular flexibility index (Phi) is 4.24. The Labute approximate surface area is 118 Å². The Hall–Kier alpha value is -1.07. The fourth-order valence-electron chi connectivity index (χ4n) is 1.68. The van der Waals surface area contributed by atoms with Gasteiger partial charge in [0.05, 0.1) is 22.9 Å². The van der Waals surface area contributed by atoms with Gasteiger partial charge in [-0.15, -0.1) is 0 Å². The minimum absolute atomic E-state index is 0.351. The Bertz CT molecular complexity index is 533. The zero-order chi connectivity index (χ0) is 13.1. The number of hydrogen-bond acceptors (Lipinski definition) is 2. The molecule has 18 heavy (non-hydrogen) atoms. The number of nitrogens with zero attached hydrogens (tertiary/aromatic N) is 2. The first-order chi connectivity index (χ1) is 8.61. The van der Waals surface area contributed by atoms with Crippen molar-refractivity contribution in [3.05, 3.63) is 45.4 Å². The second kappa shape index (κ2) is 5.71. The van der Waals surface area contributed by atoms with Crippen LogP contribution in [-0.2, 0) is 13.1 Å². The molecule has 0 radical (unpaired) electrons. The molecule has 0 saturated heterocycles. The average molecular weight is 333 g/mol. The third-order valence-electron chi connectivity index (χ3n) is 2.56. The van der Waals surface area contributed by atoms with Crippen molar-refractivity contribution in [2.45, 2.75) is 20.0 Å². The van der Waals surface area contributed by atoms with E-state index < -0.39 is 0 Å². The molecule has 3 nitrogen and oxygen atoms in total. The summed E-state index contributed by atoms with van der Waals surface area (Å²) in [6.07, 6.45) is 1.75. The van der Waals surface area contributed by atoms with Gasteiger partial charge in [0, 0.05) is 17.2 Å². The van der Waals surface area contributed by atoms with Crippen molar-refractivity contribution in [1.82, 2.24) is 9.78 Å². The van der Waals surface area contributed by atoms with Gasteiger partial charge in [-0.1, -0.05) is 11.6 Å². The van der Waals surface area contributed by atoms with E-state index in [0.717, 1.165) is 12.2 Å². The van der Waals surface area contributed by atoms with E-state index in [4.69, 9.17) is 11.6 Å². The lowest BCUT2D eigenvalue weighted by atomic mass is 10.3. The molecule has 1 aromatic heterocycles. The van der Waals surface area contributed by atoms with Crippen LogP contribution in [0.1, 0.15) is 12.6 Å². The second-order valence-corrected chi connectivity index (χ2v) is 5.00. The summed E-state index contributed by atoms with van der Waals surface area (Å²) in [5.74, 6) is -0.365. The highest BCUT2D eigenvalue weighted by molar-refractivity contribution is 9.10. The molecule has 0 amide bonds. The summed E-state index contributed by atoms with van der Waals surface area (Å²) in [6, 6.07) is 4.60. The Morgan fingerprint density at radius 2 is 2.28 bits per heavy atom. The maximum atomic E-state index is 13.1. The molecule has 1 aromatic carbocycles. The summed E-state index contributed by atoms with van der Waals surface area (Å²) in [5.41, 5.74) is 1.73. The van der Waals surface area contributed by atoms with Crippen LogP contribution in [0, 0.1) is 5.82 Å². The van der Waals surface area contributed by atoms with Gasteiger partial charge in [0.1, 0.15) is 5.82 Å². The molecule has 0 bridgehead atoms. The quantitative estimate of drug-likeness (QED) is 0.914. The zero-order valence-electron chi connectivity index (χ0n) is 9.75. The molecule has 0 aliphatic rings. The number of halogens is 3. The van der Waals surface area contributed by atoms with E-state index in [1.165, 1.54) is 12.1 Å². The molecule has 2 rings (SSSR count). The molecule has 6 heteroatoms. The first-order valence-electron chi connectivity index (χ1n) is 5.51. The average Bonchev–Trinajstić information content (AvgIpc) is 2.75. The molecule has 0 atom stereocenters. The minimum atomic E-state index is -0.365. The van der Waals surface area contributed by atoms with E-state index in [1.54, 1.807) is 6.20 Å². The van der Waals surface area contributed by atoms with Crippen LogP contribution in [0.25, 0.3) is 0 Å². The lowest BCUT2D eigenvalue weighted by molar-refractivity contribution is 0.625. The fraction of sp³-hybridized carbons (Fsp3) is 0.250. The predicted molar refractivity (Wildman–Crippen MR) is 74.3 cm³/mol. The first kappa shape index (κ1) is 13.4. The maximum absolute atomic E-state index is 13.1. The molecule has 0 aliphatic carbocycles. The van der Waals surface area contributed by atoms with Crippen LogP contribution in [0.4, 0.5) is 10.1 Å². The van der Waals surface area contributed by atoms with Crippen LogP contribution in [0.5, 0.6) is 0 Å². The van der Waals surface area contributed by atoms with Crippen LogP contribution < -0.4 is 5.32 Å². The summed E-state index contributed by atoms with van der Waals surface area (Å²) in [6.45, 7) is 3.41. The van der Waals surface area contributed by atoms with Gasteiger partial charge in [0.25, 0.3) is 0 Å². The smallest absolute Gasteiger partial charge is 0.125 e. The summed E-state index contributed by atoms with van der Waals surface area (Å²) < 4.78 is 15.6. The summed E-state index contributed by atoms with van der Waals surface area (Å²) in [7, 11) is 0. The van der Waals surface area contributed by atoms with E-state index in [9.17, 15) is 4.39 Å². The van der Waals surface area contributed by atoms with Crippen molar-refractivity contribution in [1.29, 1.82) is 0 Å². The van der Waals surface area contributed by atoms with Crippen molar-refractivity contribution < 1.29 is 4.39 Å². The number of rotatable bonds is 4. The molecule has 0 unspecified atom stereocenters. The molecule has 2 aromatic rings. The number of benzene rings is 1. The lowest BCUT2D eigenvalue weighted by Gasteiger charge is -2.11. The highest BCUT2D eigenvalue weighted by atomic mass is 79.9. The Morgan fingerprint density at radius 1 is 1.50 bits per heavy atom. The first-order valence-corrected chi connectivity index (χ1v) is 6.68. The Balaban J connectivity index is 2.16. The van der Waals surface area contributed by atoms with Gasteiger partial charge >= 0.3 is 0 Å². The van der Waals surface area contributed by atoms with Gasteiger partial charge in [0.15, 0.2) is 0 Å². The monoisotopic (exact) mass is 331 g/mol. The van der Waals surface area contributed by atoms with E-state index in [2.05, 4.69) is 26.3 Å². The standard InChI is InChI=1S/C12H12BrClFN3/c1-2-18-9(3-4-17-18)7-16-12-10(13)5-8(15)6-11(12)14/h3-6,16H,2,7H2,1H3. The topological polar surface area (TPSA) is 29.9 Å². The van der Waals surface area contributed by atoms with Gasteiger partial charge < -0.3 is 5.32 Å². The van der Waals surface area contributed by atoms with E-state index in [-0.39, 0.29) is 5.82 Å². The van der Waals surface area contributed by atoms with Gasteiger partial charge in [0.2, 0.25) is 0 Å². The summed E-state index contributed by atoms with van der Waals surface area (Å²) in [5, 5.41) is 7.71. The van der Waals surface area contributed by atoms with Crippen molar-refractivity contribution in [2.75, 3.05) is 5.32 Å². The van der Waals surface area contributed by atoms with Crippen LogP contribution in [0.3, 0.4) is 0 Å². The normalized spacial score (nSPS) is 10.7. The molecular weight excluding hydrogens is 321 g/mol. The van der Waals surface area contributed by atoms with E-state index >= 15 is 0 Å². The Morgan fingerprint density at radius 3 is 2.94 bits per heavy atom. The third kappa shape index (κ3) is 2.84. The van der Waals surface area contributed by atoms with Gasteiger partial charge in [-0.05, 0) is 41.1 Å². The fourth-order valence-corrected chi connectivity index (χ4v) is 2.64. The largest absolute Gasteiger partial charge is 0.377 e. The van der Waals surface area contributed by atoms with E-state index in [0.29, 0.717) is 21.7 Å². The second-order valence-electron chi connectivity index (χ2n) is 3.74. The number of aromatic nitrogens is 2. The van der Waals surface area contributed by atoms with Gasteiger partial charge in [-0.2, -0.15) is 5.10 Å². The molecule has 0 saturated carbocycles. The molecule has 0 fully saturated rings. The van der Waals surface area contributed by atoms with Crippen LogP contribution >= 0.6 is 27.5 Å². The molecule has 0 spiro atoms. The number of nitrogens with one attached hydrogen (secondary N) is 1. The number of hydrogen-bond donors (Lipinski definition) is 1. The lowest BCUT2D eigenvalue weighted by Crippen LogP contribution is -2.08. The predicted octanol–water partition coefficient (Wildman–Crippen LogP) is 4.07. The highest BCUT2D eigenvalue weighted by Gasteiger charge is 2.09. The van der Waals surface area contributed by atoms with Crippen molar-refractivity contribution in [3.8, 4) is 0 Å². The molecule has 96 valence electrons. The van der Waals surface area contributed by atoms with Crippen molar-refractivity contribution >= 4 is 33.2 Å². The minimum Gasteiger partial charge on any atom is -0.377 e. The van der Waals surface area contributed by atoms with Crippen molar-refractivity contribution in [2.24, 2.45) is 0 Å². The number of anilines is 1. The van der Waals surface area contributed by atoms with Crippen LogP contribution in [-0.4, -0.2) is 9.78 Å². The zero-order valence-corrected chi connectivity index (χ0v) is 12.1. The highest BCUT2D eigenvalue weighted by Crippen LogP contribution is 2.31. The molecule has 1 heterocycles. The molecular formula is C12H12BrClFN3. The molecule has 1 N–H and O–H groups in total.